The monoisotopic (exact) mass is 327 g/mol. The Bertz CT molecular complexity index is 782. The van der Waals surface area contributed by atoms with Crippen LogP contribution < -0.4 is 0 Å². The lowest BCUT2D eigenvalue weighted by Crippen LogP contribution is -2.52. The van der Waals surface area contributed by atoms with Gasteiger partial charge in [-0.1, -0.05) is 18.2 Å². The van der Waals surface area contributed by atoms with Crippen LogP contribution in [0.15, 0.2) is 29.0 Å². The number of benzene rings is 1. The smallest absolute Gasteiger partial charge is 0.276 e. The molecule has 1 fully saturated rings. The molecule has 0 aliphatic carbocycles. The summed E-state index contributed by atoms with van der Waals surface area (Å²) in [6.07, 6.45) is 1.25. The number of piperazine rings is 1. The molecule has 6 nitrogen and oxygen atoms in total. The Balaban J connectivity index is 1.65. The highest BCUT2D eigenvalue weighted by Crippen LogP contribution is 2.16. The summed E-state index contributed by atoms with van der Waals surface area (Å²) >= 11 is 0. The van der Waals surface area contributed by atoms with E-state index in [0.717, 1.165) is 5.56 Å². The third-order valence-electron chi connectivity index (χ3n) is 4.50. The molecule has 1 aromatic heterocycles. The maximum Gasteiger partial charge on any atom is 0.276 e. The van der Waals surface area contributed by atoms with Gasteiger partial charge in [0.25, 0.3) is 5.91 Å². The average molecular weight is 327 g/mol. The van der Waals surface area contributed by atoms with Gasteiger partial charge in [-0.25, -0.2) is 4.98 Å². The van der Waals surface area contributed by atoms with E-state index >= 15 is 0 Å². The molecule has 1 aliphatic heterocycles. The van der Waals surface area contributed by atoms with E-state index in [0.29, 0.717) is 25.4 Å². The van der Waals surface area contributed by atoms with Crippen LogP contribution in [0.3, 0.4) is 0 Å². The van der Waals surface area contributed by atoms with E-state index in [1.807, 2.05) is 6.07 Å². The molecule has 0 atom stereocenters. The molecule has 2 amide bonds. The van der Waals surface area contributed by atoms with Crippen molar-refractivity contribution in [3.8, 4) is 0 Å². The summed E-state index contributed by atoms with van der Waals surface area (Å²) in [5, 5.41) is 0. The quantitative estimate of drug-likeness (QED) is 0.866. The van der Waals surface area contributed by atoms with Crippen molar-refractivity contribution in [2.75, 3.05) is 19.6 Å². The molecule has 0 spiro atoms. The fraction of sp³-hybridized carbons (Fsp3) is 0.389. The van der Waals surface area contributed by atoms with Crippen LogP contribution in [0.4, 0.5) is 0 Å². The lowest BCUT2D eigenvalue weighted by molar-refractivity contribution is -0.135. The molecule has 2 aromatic rings. The van der Waals surface area contributed by atoms with E-state index in [4.69, 9.17) is 4.42 Å². The molecular formula is C18H21N3O3. The third-order valence-corrected chi connectivity index (χ3v) is 4.50. The lowest BCUT2D eigenvalue weighted by atomic mass is 10.1. The van der Waals surface area contributed by atoms with Crippen molar-refractivity contribution in [3.63, 3.8) is 0 Å². The second kappa shape index (κ2) is 6.47. The Hall–Kier alpha value is -2.63. The van der Waals surface area contributed by atoms with Crippen LogP contribution in [0.5, 0.6) is 0 Å². The number of hydrogen-bond donors (Lipinski definition) is 0. The molecule has 6 heteroatoms. The van der Waals surface area contributed by atoms with Crippen molar-refractivity contribution < 1.29 is 14.0 Å². The van der Waals surface area contributed by atoms with Crippen LogP contribution >= 0.6 is 0 Å². The third kappa shape index (κ3) is 3.18. The van der Waals surface area contributed by atoms with Crippen molar-refractivity contribution in [2.24, 2.45) is 0 Å². The summed E-state index contributed by atoms with van der Waals surface area (Å²) in [5.74, 6) is 0.180. The molecule has 0 N–H and O–H groups in total. The molecule has 0 unspecified atom stereocenters. The summed E-state index contributed by atoms with van der Waals surface area (Å²) in [6.45, 7) is 7.51. The Kier molecular flexibility index (Phi) is 4.38. The van der Waals surface area contributed by atoms with Gasteiger partial charge in [0.2, 0.25) is 5.91 Å². The number of aryl methyl sites for hydroxylation is 3. The second-order valence-corrected chi connectivity index (χ2v) is 6.22. The number of aromatic nitrogens is 1. The zero-order chi connectivity index (χ0) is 17.3. The molecule has 0 radical (unpaired) electrons. The minimum atomic E-state index is -0.250. The average Bonchev–Trinajstić information content (AvgIpc) is 2.98. The molecular weight excluding hydrogens is 306 g/mol. The normalized spacial score (nSPS) is 15.0. The van der Waals surface area contributed by atoms with E-state index in [1.54, 1.807) is 11.8 Å². The van der Waals surface area contributed by atoms with Crippen molar-refractivity contribution in [2.45, 2.75) is 27.3 Å². The summed E-state index contributed by atoms with van der Waals surface area (Å²) in [5.41, 5.74) is 3.85. The number of rotatable bonds is 3. The number of carbonyl (C=O) groups is 2. The fourth-order valence-electron chi connectivity index (χ4n) is 2.83. The molecule has 1 saturated heterocycles. The van der Waals surface area contributed by atoms with Gasteiger partial charge in [-0.05, 0) is 37.5 Å². The van der Waals surface area contributed by atoms with Gasteiger partial charge >= 0.3 is 0 Å². The zero-order valence-electron chi connectivity index (χ0n) is 14.2. The minimum Gasteiger partial charge on any atom is -0.448 e. The number of carbonyl (C=O) groups excluding carboxylic acids is 2. The van der Waals surface area contributed by atoms with E-state index in [2.05, 4.69) is 31.0 Å². The van der Waals surface area contributed by atoms with E-state index in [-0.39, 0.29) is 24.1 Å². The Morgan fingerprint density at radius 2 is 2.00 bits per heavy atom. The van der Waals surface area contributed by atoms with Gasteiger partial charge in [-0.2, -0.15) is 0 Å². The largest absolute Gasteiger partial charge is 0.448 e. The Labute approximate surface area is 141 Å². The summed E-state index contributed by atoms with van der Waals surface area (Å²) in [4.78, 5) is 32.1. The van der Waals surface area contributed by atoms with Crippen LogP contribution in [0.1, 0.15) is 32.9 Å². The van der Waals surface area contributed by atoms with E-state index in [9.17, 15) is 9.59 Å². The van der Waals surface area contributed by atoms with Gasteiger partial charge in [-0.15, -0.1) is 0 Å². The van der Waals surface area contributed by atoms with Gasteiger partial charge < -0.3 is 14.2 Å². The number of amides is 2. The van der Waals surface area contributed by atoms with Crippen LogP contribution in [-0.2, 0) is 11.3 Å². The Morgan fingerprint density at radius 1 is 1.21 bits per heavy atom. The van der Waals surface area contributed by atoms with Crippen LogP contribution in [0.2, 0.25) is 0 Å². The molecule has 3 rings (SSSR count). The molecule has 0 saturated carbocycles. The number of oxazole rings is 1. The first-order valence-electron chi connectivity index (χ1n) is 7.99. The lowest BCUT2D eigenvalue weighted by Gasteiger charge is -2.34. The van der Waals surface area contributed by atoms with Gasteiger partial charge in [0.1, 0.15) is 12.3 Å². The van der Waals surface area contributed by atoms with Crippen molar-refractivity contribution in [1.29, 1.82) is 0 Å². The SMILES string of the molecule is Cc1ccc(CN2CCN(C(=O)c3ncoc3C)CC2=O)cc1C. The second-order valence-electron chi connectivity index (χ2n) is 6.22. The number of hydrogen-bond acceptors (Lipinski definition) is 4. The van der Waals surface area contributed by atoms with Gasteiger partial charge in [0.15, 0.2) is 12.1 Å². The van der Waals surface area contributed by atoms with Gasteiger partial charge in [0, 0.05) is 19.6 Å². The standard InChI is InChI=1S/C18H21N3O3/c1-12-4-5-15(8-13(12)2)9-20-6-7-21(10-16(20)22)18(23)17-14(3)24-11-19-17/h4-5,8,11H,6-7,9-10H2,1-3H3. The maximum absolute atomic E-state index is 12.4. The summed E-state index contributed by atoms with van der Waals surface area (Å²) in [6, 6.07) is 6.23. The first kappa shape index (κ1) is 16.2. The maximum atomic E-state index is 12.4. The van der Waals surface area contributed by atoms with Crippen molar-refractivity contribution in [1.82, 2.24) is 14.8 Å². The topological polar surface area (TPSA) is 66.7 Å². The van der Waals surface area contributed by atoms with Crippen molar-refractivity contribution in [3.05, 3.63) is 52.7 Å². The molecule has 0 bridgehead atoms. The molecule has 1 aromatic carbocycles. The molecule has 24 heavy (non-hydrogen) atoms. The Morgan fingerprint density at radius 3 is 2.62 bits per heavy atom. The zero-order valence-corrected chi connectivity index (χ0v) is 14.2. The summed E-state index contributed by atoms with van der Waals surface area (Å²) in [7, 11) is 0. The van der Waals surface area contributed by atoms with Crippen LogP contribution in [0.25, 0.3) is 0 Å². The minimum absolute atomic E-state index is 0.0472. The predicted molar refractivity (Wildman–Crippen MR) is 88.5 cm³/mol. The van der Waals surface area contributed by atoms with Gasteiger partial charge in [-0.3, -0.25) is 9.59 Å². The highest BCUT2D eigenvalue weighted by molar-refractivity contribution is 5.96. The number of nitrogens with zero attached hydrogens (tertiary/aromatic N) is 3. The van der Waals surface area contributed by atoms with E-state index < -0.39 is 0 Å². The highest BCUT2D eigenvalue weighted by atomic mass is 16.3. The highest BCUT2D eigenvalue weighted by Gasteiger charge is 2.29. The van der Waals surface area contributed by atoms with Crippen molar-refractivity contribution >= 4 is 11.8 Å². The molecule has 126 valence electrons. The van der Waals surface area contributed by atoms with Crippen LogP contribution in [-0.4, -0.2) is 46.2 Å². The van der Waals surface area contributed by atoms with Gasteiger partial charge in [0.05, 0.1) is 0 Å². The summed E-state index contributed by atoms with van der Waals surface area (Å²) < 4.78 is 5.07. The van der Waals surface area contributed by atoms with Crippen LogP contribution in [0, 0.1) is 20.8 Å². The first-order valence-corrected chi connectivity index (χ1v) is 7.99. The first-order chi connectivity index (χ1) is 11.5. The molecule has 2 heterocycles. The predicted octanol–water partition coefficient (Wildman–Crippen LogP) is 2.08. The molecule has 1 aliphatic rings. The fourth-order valence-corrected chi connectivity index (χ4v) is 2.83. The van der Waals surface area contributed by atoms with E-state index in [1.165, 1.54) is 22.4 Å².